The van der Waals surface area contributed by atoms with Gasteiger partial charge in [-0.25, -0.2) is 4.79 Å². The van der Waals surface area contributed by atoms with Gasteiger partial charge in [0.15, 0.2) is 0 Å². The number of amides is 1. The van der Waals surface area contributed by atoms with Crippen molar-refractivity contribution >= 4 is 39.7 Å². The highest BCUT2D eigenvalue weighted by Gasteiger charge is 2.19. The Hall–Kier alpha value is -2.42. The van der Waals surface area contributed by atoms with Gasteiger partial charge in [0.25, 0.3) is 5.56 Å². The number of halogens is 1. The summed E-state index contributed by atoms with van der Waals surface area (Å²) in [5.74, 6) is -0.315. The largest absolute Gasteiger partial charge is 0.376 e. The van der Waals surface area contributed by atoms with Crippen LogP contribution in [0.25, 0.3) is 10.9 Å². The van der Waals surface area contributed by atoms with E-state index in [1.54, 1.807) is 18.2 Å². The molecule has 0 aliphatic carbocycles. The minimum Gasteiger partial charge on any atom is -0.376 e. The molecule has 0 radical (unpaired) electrons. The average Bonchev–Trinajstić information content (AvgIpc) is 3.40. The number of nitrogens with one attached hydrogen (secondary N) is 1. The van der Waals surface area contributed by atoms with Gasteiger partial charge in [0.05, 0.1) is 23.6 Å². The van der Waals surface area contributed by atoms with Gasteiger partial charge in [-0.2, -0.15) is 0 Å². The number of hydrogen-bond acceptors (Lipinski definition) is 5. The van der Waals surface area contributed by atoms with E-state index in [-0.39, 0.29) is 25.1 Å². The molecule has 0 saturated carbocycles. The van der Waals surface area contributed by atoms with Crippen LogP contribution in [-0.2, 0) is 22.6 Å². The van der Waals surface area contributed by atoms with Crippen molar-refractivity contribution in [3.05, 3.63) is 66.4 Å². The normalized spacial score (nSPS) is 16.4. The molecule has 1 amide bonds. The van der Waals surface area contributed by atoms with Gasteiger partial charge in [-0.15, -0.1) is 11.3 Å². The van der Waals surface area contributed by atoms with Gasteiger partial charge in [0, 0.05) is 23.1 Å². The van der Waals surface area contributed by atoms with E-state index in [1.807, 2.05) is 17.5 Å². The molecule has 1 aliphatic heterocycles. The van der Waals surface area contributed by atoms with Crippen LogP contribution in [0.15, 0.2) is 45.3 Å². The Kier molecular flexibility index (Phi) is 5.84. The molecule has 1 N–H and O–H groups in total. The van der Waals surface area contributed by atoms with Gasteiger partial charge in [0.2, 0.25) is 5.91 Å². The van der Waals surface area contributed by atoms with Crippen LogP contribution >= 0.6 is 22.9 Å². The van der Waals surface area contributed by atoms with Gasteiger partial charge >= 0.3 is 5.69 Å². The molecule has 1 unspecified atom stereocenters. The van der Waals surface area contributed by atoms with Gasteiger partial charge in [0.1, 0.15) is 6.54 Å². The molecule has 4 rings (SSSR count). The number of ether oxygens (including phenoxy) is 1. The van der Waals surface area contributed by atoms with Crippen LogP contribution < -0.4 is 16.6 Å². The number of benzene rings is 1. The summed E-state index contributed by atoms with van der Waals surface area (Å²) in [7, 11) is 0. The van der Waals surface area contributed by atoms with Crippen LogP contribution in [0.5, 0.6) is 0 Å². The first-order valence-electron chi connectivity index (χ1n) is 9.36. The lowest BCUT2D eigenvalue weighted by molar-refractivity contribution is -0.122. The molecule has 152 valence electrons. The summed E-state index contributed by atoms with van der Waals surface area (Å²) < 4.78 is 7.98. The molecule has 2 aromatic heterocycles. The molecule has 1 atom stereocenters. The van der Waals surface area contributed by atoms with Gasteiger partial charge in [-0.1, -0.05) is 17.7 Å². The lowest BCUT2D eigenvalue weighted by Gasteiger charge is -2.15. The molecule has 29 heavy (non-hydrogen) atoms. The van der Waals surface area contributed by atoms with E-state index in [4.69, 9.17) is 16.3 Å². The minimum atomic E-state index is -0.537. The molecular formula is C20H20ClN3O4S. The Labute approximate surface area is 175 Å². The van der Waals surface area contributed by atoms with Crippen LogP contribution in [0, 0.1) is 0 Å². The first kappa shape index (κ1) is 19.9. The topological polar surface area (TPSA) is 82.3 Å². The van der Waals surface area contributed by atoms with Gasteiger partial charge in [-0.3, -0.25) is 18.7 Å². The third-order valence-electron chi connectivity index (χ3n) is 4.93. The number of thiophene rings is 1. The maximum Gasteiger partial charge on any atom is 0.332 e. The van der Waals surface area contributed by atoms with E-state index < -0.39 is 11.2 Å². The van der Waals surface area contributed by atoms with E-state index in [0.29, 0.717) is 29.1 Å². The molecule has 0 spiro atoms. The molecule has 1 saturated heterocycles. The molecular weight excluding hydrogens is 414 g/mol. The summed E-state index contributed by atoms with van der Waals surface area (Å²) in [6, 6.07) is 8.46. The number of rotatable bonds is 6. The third-order valence-corrected chi connectivity index (χ3v) is 6.03. The lowest BCUT2D eigenvalue weighted by Crippen LogP contribution is -2.43. The van der Waals surface area contributed by atoms with Gasteiger partial charge in [-0.05, 0) is 42.5 Å². The highest BCUT2D eigenvalue weighted by Crippen LogP contribution is 2.17. The highest BCUT2D eigenvalue weighted by atomic mass is 35.5. The third kappa shape index (κ3) is 4.29. The number of carbonyl (C=O) groups excluding carboxylic acids is 1. The average molecular weight is 434 g/mol. The SMILES string of the molecule is O=C(Cn1c(=O)n(Cc2cccs2)c(=O)c2ccc(Cl)cc21)NCC1CCCO1. The van der Waals surface area contributed by atoms with Crippen molar-refractivity contribution < 1.29 is 9.53 Å². The molecule has 7 nitrogen and oxygen atoms in total. The molecule has 3 heterocycles. The first-order valence-corrected chi connectivity index (χ1v) is 10.6. The fraction of sp³-hybridized carbons (Fsp3) is 0.350. The maximum absolute atomic E-state index is 13.1. The summed E-state index contributed by atoms with van der Waals surface area (Å²) in [5, 5.41) is 5.44. The standard InChI is InChI=1S/C20H20ClN3O4S/c21-13-5-6-16-17(9-13)23(12-18(25)22-10-14-3-1-7-28-14)20(27)24(19(16)26)11-15-4-2-8-29-15/h2,4-6,8-9,14H,1,3,7,10-12H2,(H,22,25). The van der Waals surface area contributed by atoms with E-state index in [9.17, 15) is 14.4 Å². The highest BCUT2D eigenvalue weighted by molar-refractivity contribution is 7.09. The summed E-state index contributed by atoms with van der Waals surface area (Å²) in [5.41, 5.74) is -0.585. The van der Waals surface area contributed by atoms with Crippen molar-refractivity contribution in [3.8, 4) is 0 Å². The zero-order valence-electron chi connectivity index (χ0n) is 15.6. The van der Waals surface area contributed by atoms with Crippen molar-refractivity contribution in [2.45, 2.75) is 32.0 Å². The first-order chi connectivity index (χ1) is 14.0. The van der Waals surface area contributed by atoms with Crippen LogP contribution in [0.2, 0.25) is 5.02 Å². The van der Waals surface area contributed by atoms with E-state index in [1.165, 1.54) is 15.9 Å². The van der Waals surface area contributed by atoms with Crippen molar-refractivity contribution in [2.24, 2.45) is 0 Å². The van der Waals surface area contributed by atoms with Gasteiger partial charge < -0.3 is 10.1 Å². The Morgan fingerprint density at radius 1 is 1.28 bits per heavy atom. The predicted molar refractivity (Wildman–Crippen MR) is 113 cm³/mol. The van der Waals surface area contributed by atoms with Crippen molar-refractivity contribution in [1.82, 2.24) is 14.5 Å². The molecule has 9 heteroatoms. The van der Waals surface area contributed by atoms with Crippen LogP contribution in [0.4, 0.5) is 0 Å². The minimum absolute atomic E-state index is 0.00893. The van der Waals surface area contributed by atoms with E-state index >= 15 is 0 Å². The van der Waals surface area contributed by atoms with Crippen LogP contribution in [0.1, 0.15) is 17.7 Å². The second-order valence-electron chi connectivity index (χ2n) is 6.94. The summed E-state index contributed by atoms with van der Waals surface area (Å²) in [6.07, 6.45) is 1.90. The van der Waals surface area contributed by atoms with Crippen molar-refractivity contribution in [1.29, 1.82) is 0 Å². The second kappa shape index (κ2) is 8.52. The molecule has 1 aromatic carbocycles. The molecule has 1 aliphatic rings. The number of fused-ring (bicyclic) bond motifs is 1. The second-order valence-corrected chi connectivity index (χ2v) is 8.41. The Balaban J connectivity index is 1.70. The zero-order valence-corrected chi connectivity index (χ0v) is 17.2. The zero-order chi connectivity index (χ0) is 20.4. The number of carbonyl (C=O) groups is 1. The predicted octanol–water partition coefficient (Wildman–Crippen LogP) is 2.22. The fourth-order valence-corrected chi connectivity index (χ4v) is 4.33. The summed E-state index contributed by atoms with van der Waals surface area (Å²) in [6.45, 7) is 1.07. The Morgan fingerprint density at radius 2 is 2.14 bits per heavy atom. The Bertz CT molecular complexity index is 1150. The van der Waals surface area contributed by atoms with E-state index in [0.717, 1.165) is 22.3 Å². The molecule has 1 fully saturated rings. The van der Waals surface area contributed by atoms with Crippen molar-refractivity contribution in [3.63, 3.8) is 0 Å². The number of aromatic nitrogens is 2. The maximum atomic E-state index is 13.1. The van der Waals surface area contributed by atoms with Crippen molar-refractivity contribution in [2.75, 3.05) is 13.2 Å². The smallest absolute Gasteiger partial charge is 0.332 e. The quantitative estimate of drug-likeness (QED) is 0.646. The monoisotopic (exact) mass is 433 g/mol. The van der Waals surface area contributed by atoms with Crippen LogP contribution in [0.3, 0.4) is 0 Å². The lowest BCUT2D eigenvalue weighted by atomic mass is 10.2. The summed E-state index contributed by atoms with van der Waals surface area (Å²) in [4.78, 5) is 39.4. The Morgan fingerprint density at radius 3 is 2.86 bits per heavy atom. The number of nitrogens with zero attached hydrogens (tertiary/aromatic N) is 2. The van der Waals surface area contributed by atoms with Crippen LogP contribution in [-0.4, -0.2) is 34.3 Å². The fourth-order valence-electron chi connectivity index (χ4n) is 3.47. The summed E-state index contributed by atoms with van der Waals surface area (Å²) >= 11 is 7.56. The molecule has 0 bridgehead atoms. The van der Waals surface area contributed by atoms with E-state index in [2.05, 4.69) is 5.32 Å². The number of hydrogen-bond donors (Lipinski definition) is 1. The molecule has 3 aromatic rings.